The lowest BCUT2D eigenvalue weighted by Gasteiger charge is -2.12. The summed E-state index contributed by atoms with van der Waals surface area (Å²) in [5.74, 6) is 0. The van der Waals surface area contributed by atoms with E-state index < -0.39 is 0 Å². The molecule has 40 heavy (non-hydrogen) atoms. The van der Waals surface area contributed by atoms with E-state index in [4.69, 9.17) is 0 Å². The molecule has 0 saturated carbocycles. The lowest BCUT2D eigenvalue weighted by atomic mass is 10.1. The number of hydrogen-bond acceptors (Lipinski definition) is 6. The molecule has 0 radical (unpaired) electrons. The Bertz CT molecular complexity index is 1960. The normalized spacial score (nSPS) is 11.4. The average molecular weight is 559 g/mol. The van der Waals surface area contributed by atoms with E-state index in [0.717, 1.165) is 41.7 Å². The molecule has 0 atom stereocenters. The molecule has 0 bridgehead atoms. The van der Waals surface area contributed by atoms with Crippen molar-refractivity contribution in [3.63, 3.8) is 0 Å². The van der Waals surface area contributed by atoms with Crippen LogP contribution in [0.5, 0.6) is 0 Å². The van der Waals surface area contributed by atoms with Crippen LogP contribution >= 0.6 is 22.7 Å². The van der Waals surface area contributed by atoms with Gasteiger partial charge in [-0.3, -0.25) is 18.7 Å². The Morgan fingerprint density at radius 2 is 0.950 bits per heavy atom. The monoisotopic (exact) mass is 558 g/mol. The Morgan fingerprint density at radius 3 is 1.38 bits per heavy atom. The van der Waals surface area contributed by atoms with Gasteiger partial charge in [-0.25, -0.2) is 9.97 Å². The summed E-state index contributed by atoms with van der Waals surface area (Å²) < 4.78 is 3.27. The van der Waals surface area contributed by atoms with E-state index in [1.807, 2.05) is 97.1 Å². The molecule has 7 aromatic rings. The van der Waals surface area contributed by atoms with Gasteiger partial charge in [-0.2, -0.15) is 0 Å². The van der Waals surface area contributed by atoms with Crippen molar-refractivity contribution >= 4 is 43.1 Å². The molecule has 0 aliphatic heterocycles. The van der Waals surface area contributed by atoms with Crippen molar-refractivity contribution < 1.29 is 0 Å². The molecule has 0 spiro atoms. The molecule has 0 N–H and O–H groups in total. The van der Waals surface area contributed by atoms with E-state index in [1.165, 1.54) is 22.7 Å². The first kappa shape index (κ1) is 24.4. The fourth-order valence-electron chi connectivity index (χ4n) is 4.87. The molecule has 4 heterocycles. The second-order valence-electron chi connectivity index (χ2n) is 9.51. The summed E-state index contributed by atoms with van der Waals surface area (Å²) in [7, 11) is 0. The Morgan fingerprint density at radius 1 is 0.550 bits per heavy atom. The van der Waals surface area contributed by atoms with E-state index in [9.17, 15) is 9.59 Å². The highest BCUT2D eigenvalue weighted by Gasteiger charge is 2.14. The zero-order chi connectivity index (χ0) is 27.1. The van der Waals surface area contributed by atoms with Crippen LogP contribution in [-0.2, 0) is 13.1 Å². The maximum atomic E-state index is 13.4. The fraction of sp³-hybridized carbons (Fsp3) is 0.0625. The molecule has 0 aliphatic carbocycles. The fourth-order valence-corrected chi connectivity index (χ4v) is 6.86. The van der Waals surface area contributed by atoms with Crippen LogP contribution in [0.15, 0.2) is 119 Å². The van der Waals surface area contributed by atoms with Gasteiger partial charge < -0.3 is 0 Å². The molecule has 0 fully saturated rings. The van der Waals surface area contributed by atoms with Gasteiger partial charge in [-0.1, -0.05) is 84.9 Å². The summed E-state index contributed by atoms with van der Waals surface area (Å²) in [6, 6.07) is 31.8. The minimum atomic E-state index is -0.0785. The van der Waals surface area contributed by atoms with Crippen molar-refractivity contribution in [1.82, 2.24) is 19.1 Å². The number of fused-ring (bicyclic) bond motifs is 2. The van der Waals surface area contributed by atoms with Gasteiger partial charge in [-0.15, -0.1) is 22.7 Å². The number of thiophene rings is 2. The van der Waals surface area contributed by atoms with Crippen molar-refractivity contribution in [2.75, 3.05) is 0 Å². The van der Waals surface area contributed by atoms with Gasteiger partial charge in [0.1, 0.15) is 9.66 Å². The van der Waals surface area contributed by atoms with Crippen LogP contribution in [0, 0.1) is 0 Å². The molecule has 0 aliphatic rings. The summed E-state index contributed by atoms with van der Waals surface area (Å²) in [4.78, 5) is 39.5. The van der Waals surface area contributed by atoms with Crippen LogP contribution in [0.2, 0.25) is 0 Å². The number of hydrogen-bond donors (Lipinski definition) is 0. The Labute approximate surface area is 237 Å². The van der Waals surface area contributed by atoms with Gasteiger partial charge >= 0.3 is 0 Å². The van der Waals surface area contributed by atoms with Crippen molar-refractivity contribution in [3.05, 3.63) is 142 Å². The number of benzene rings is 3. The highest BCUT2D eigenvalue weighted by atomic mass is 32.1. The molecule has 6 nitrogen and oxygen atoms in total. The molecule has 3 aromatic carbocycles. The largest absolute Gasteiger partial charge is 0.294 e. The Balaban J connectivity index is 1.20. The first-order chi connectivity index (χ1) is 19.6. The Kier molecular flexibility index (Phi) is 6.18. The van der Waals surface area contributed by atoms with Crippen LogP contribution in [0.25, 0.3) is 41.3 Å². The summed E-state index contributed by atoms with van der Waals surface area (Å²) in [6.45, 7) is 0.713. The molecule has 4 aromatic heterocycles. The van der Waals surface area contributed by atoms with E-state index >= 15 is 0 Å². The van der Waals surface area contributed by atoms with Gasteiger partial charge in [-0.05, 0) is 34.4 Å². The van der Waals surface area contributed by atoms with Gasteiger partial charge in [0, 0.05) is 9.75 Å². The van der Waals surface area contributed by atoms with Crippen LogP contribution in [0.3, 0.4) is 0 Å². The summed E-state index contributed by atoms with van der Waals surface area (Å²) in [5.41, 5.74) is 3.88. The van der Waals surface area contributed by atoms with Crippen LogP contribution in [0.1, 0.15) is 11.1 Å². The molecular formula is C32H22N4O2S2. The third-order valence-electron chi connectivity index (χ3n) is 6.95. The van der Waals surface area contributed by atoms with Crippen LogP contribution in [-0.4, -0.2) is 19.1 Å². The SMILES string of the molecule is O=c1c2cc(-c3ccccc3)sc2ncn1Cc1ccccc1Cn1cnc2sc(-c3ccccc3)cc2c1=O. The van der Waals surface area contributed by atoms with Crippen LogP contribution in [0.4, 0.5) is 0 Å². The minimum Gasteiger partial charge on any atom is -0.294 e. The maximum Gasteiger partial charge on any atom is 0.262 e. The van der Waals surface area contributed by atoms with E-state index in [-0.39, 0.29) is 11.1 Å². The Hall–Kier alpha value is -4.66. The van der Waals surface area contributed by atoms with Crippen molar-refractivity contribution in [2.45, 2.75) is 13.1 Å². The van der Waals surface area contributed by atoms with Crippen LogP contribution < -0.4 is 11.1 Å². The first-order valence-electron chi connectivity index (χ1n) is 12.8. The lowest BCUT2D eigenvalue weighted by Crippen LogP contribution is -2.23. The highest BCUT2D eigenvalue weighted by Crippen LogP contribution is 2.31. The third kappa shape index (κ3) is 4.47. The standard InChI is InChI=1S/C32H22N4O2S2/c37-31-25-15-27(21-9-3-1-4-10-21)39-29(25)33-19-35(31)17-23-13-7-8-14-24(23)18-36-20-34-30-26(32(36)38)16-28(40-30)22-11-5-2-6-12-22/h1-16,19-20H,17-18H2. The number of nitrogens with zero attached hydrogens (tertiary/aromatic N) is 4. The average Bonchev–Trinajstić information content (AvgIpc) is 3.64. The van der Waals surface area contributed by atoms with E-state index in [2.05, 4.69) is 9.97 Å². The van der Waals surface area contributed by atoms with Crippen molar-refractivity contribution in [3.8, 4) is 20.9 Å². The predicted octanol–water partition coefficient (Wildman–Crippen LogP) is 6.66. The second-order valence-corrected chi connectivity index (χ2v) is 11.6. The molecule has 7 rings (SSSR count). The predicted molar refractivity (Wildman–Crippen MR) is 163 cm³/mol. The zero-order valence-corrected chi connectivity index (χ0v) is 22.9. The molecule has 0 saturated heterocycles. The maximum absolute atomic E-state index is 13.4. The van der Waals surface area contributed by atoms with E-state index in [0.29, 0.717) is 23.9 Å². The second kappa shape index (κ2) is 10.1. The van der Waals surface area contributed by atoms with Crippen molar-refractivity contribution in [1.29, 1.82) is 0 Å². The quantitative estimate of drug-likeness (QED) is 0.229. The lowest BCUT2D eigenvalue weighted by molar-refractivity contribution is 0.708. The van der Waals surface area contributed by atoms with Crippen molar-refractivity contribution in [2.24, 2.45) is 0 Å². The number of rotatable bonds is 6. The van der Waals surface area contributed by atoms with Gasteiger partial charge in [0.2, 0.25) is 0 Å². The molecule has 194 valence electrons. The zero-order valence-electron chi connectivity index (χ0n) is 21.2. The van der Waals surface area contributed by atoms with Gasteiger partial charge in [0.25, 0.3) is 11.1 Å². The smallest absolute Gasteiger partial charge is 0.262 e. The molecule has 0 amide bonds. The van der Waals surface area contributed by atoms with Gasteiger partial charge in [0.15, 0.2) is 0 Å². The van der Waals surface area contributed by atoms with Gasteiger partial charge in [0.05, 0.1) is 36.5 Å². The highest BCUT2D eigenvalue weighted by molar-refractivity contribution is 7.22. The minimum absolute atomic E-state index is 0.0785. The molecule has 0 unspecified atom stereocenters. The first-order valence-corrected chi connectivity index (χ1v) is 14.4. The summed E-state index contributed by atoms with van der Waals surface area (Å²) in [6.07, 6.45) is 3.23. The third-order valence-corrected chi connectivity index (χ3v) is 9.14. The summed E-state index contributed by atoms with van der Waals surface area (Å²) in [5, 5.41) is 1.22. The van der Waals surface area contributed by atoms with E-state index in [1.54, 1.807) is 21.8 Å². The molecular weight excluding hydrogens is 537 g/mol. The molecule has 8 heteroatoms. The number of aromatic nitrogens is 4. The summed E-state index contributed by atoms with van der Waals surface area (Å²) >= 11 is 3.04. The topological polar surface area (TPSA) is 69.8 Å².